The summed E-state index contributed by atoms with van der Waals surface area (Å²) in [4.78, 5) is 31.7. The molecular formula is C23H21N3O2. The van der Waals surface area contributed by atoms with Crippen LogP contribution in [0, 0.1) is 6.92 Å². The second-order valence-electron chi connectivity index (χ2n) is 7.11. The average Bonchev–Trinajstić information content (AvgIpc) is 3.05. The van der Waals surface area contributed by atoms with Crippen LogP contribution >= 0.6 is 0 Å². The van der Waals surface area contributed by atoms with Gasteiger partial charge in [-0.3, -0.25) is 14.6 Å². The van der Waals surface area contributed by atoms with E-state index in [1.165, 1.54) is 6.20 Å². The third kappa shape index (κ3) is 3.39. The Morgan fingerprint density at radius 3 is 2.61 bits per heavy atom. The fraction of sp³-hybridized carbons (Fsp3) is 0.174. The van der Waals surface area contributed by atoms with Gasteiger partial charge in [-0.15, -0.1) is 0 Å². The number of nitrogens with one attached hydrogen (secondary N) is 1. The van der Waals surface area contributed by atoms with Crippen LogP contribution in [0.3, 0.4) is 0 Å². The summed E-state index contributed by atoms with van der Waals surface area (Å²) in [5.74, 6) is -0.461. The Labute approximate surface area is 164 Å². The fourth-order valence-electron chi connectivity index (χ4n) is 3.53. The normalized spacial score (nSPS) is 15.2. The summed E-state index contributed by atoms with van der Waals surface area (Å²) in [7, 11) is 0. The first-order valence-corrected chi connectivity index (χ1v) is 9.28. The molecule has 0 spiro atoms. The Morgan fingerprint density at radius 2 is 1.82 bits per heavy atom. The van der Waals surface area contributed by atoms with Crippen molar-refractivity contribution in [3.8, 4) is 0 Å². The molecule has 0 fully saturated rings. The number of anilines is 2. The molecule has 2 heterocycles. The minimum absolute atomic E-state index is 0.0721. The molecule has 4 rings (SSSR count). The molecule has 1 atom stereocenters. The van der Waals surface area contributed by atoms with Gasteiger partial charge >= 0.3 is 0 Å². The number of aromatic nitrogens is 1. The van der Waals surface area contributed by atoms with Crippen molar-refractivity contribution in [1.29, 1.82) is 0 Å². The SMILES string of the molecule is Cc1ccc(NC(=O)c2cc(C(=O)N3c4ccccc4CC3C)ccn2)cc1. The molecule has 1 aromatic heterocycles. The van der Waals surface area contributed by atoms with Crippen LogP contribution in [0.4, 0.5) is 11.4 Å². The van der Waals surface area contributed by atoms with Crippen molar-refractivity contribution in [2.75, 3.05) is 10.2 Å². The number of carbonyl (C=O) groups is 2. The van der Waals surface area contributed by atoms with Gasteiger partial charge in [-0.2, -0.15) is 0 Å². The minimum Gasteiger partial charge on any atom is -0.321 e. The van der Waals surface area contributed by atoms with E-state index in [1.54, 1.807) is 17.0 Å². The highest BCUT2D eigenvalue weighted by molar-refractivity contribution is 6.10. The number of hydrogen-bond acceptors (Lipinski definition) is 3. The maximum Gasteiger partial charge on any atom is 0.274 e. The molecule has 0 saturated carbocycles. The number of hydrogen-bond donors (Lipinski definition) is 1. The summed E-state index contributed by atoms with van der Waals surface area (Å²) in [6.07, 6.45) is 2.33. The lowest BCUT2D eigenvalue weighted by molar-refractivity contribution is 0.0981. The fourth-order valence-corrected chi connectivity index (χ4v) is 3.53. The van der Waals surface area contributed by atoms with Gasteiger partial charge in [0.25, 0.3) is 11.8 Å². The second kappa shape index (κ2) is 7.27. The molecule has 0 saturated heterocycles. The third-order valence-electron chi connectivity index (χ3n) is 4.98. The van der Waals surface area contributed by atoms with Crippen LogP contribution in [0.5, 0.6) is 0 Å². The van der Waals surface area contributed by atoms with E-state index in [4.69, 9.17) is 0 Å². The van der Waals surface area contributed by atoms with Gasteiger partial charge in [0.1, 0.15) is 5.69 Å². The highest BCUT2D eigenvalue weighted by atomic mass is 16.2. The number of para-hydroxylation sites is 1. The first-order chi connectivity index (χ1) is 13.5. The van der Waals surface area contributed by atoms with Crippen LogP contribution in [-0.4, -0.2) is 22.8 Å². The van der Waals surface area contributed by atoms with Crippen molar-refractivity contribution < 1.29 is 9.59 Å². The molecule has 0 bridgehead atoms. The standard InChI is InChI=1S/C23H21N3O2/c1-15-7-9-19(10-8-15)25-22(27)20-14-18(11-12-24-20)23(28)26-16(2)13-17-5-3-4-6-21(17)26/h3-12,14,16H,13H2,1-2H3,(H,25,27). The molecule has 1 aliphatic heterocycles. The zero-order chi connectivity index (χ0) is 19.7. The monoisotopic (exact) mass is 371 g/mol. The molecule has 1 unspecified atom stereocenters. The predicted octanol–water partition coefficient (Wildman–Crippen LogP) is 4.23. The van der Waals surface area contributed by atoms with Crippen LogP contribution in [0.2, 0.25) is 0 Å². The molecule has 3 aromatic rings. The van der Waals surface area contributed by atoms with Crippen molar-refractivity contribution in [2.24, 2.45) is 0 Å². The quantitative estimate of drug-likeness (QED) is 0.749. The molecule has 28 heavy (non-hydrogen) atoms. The maximum atomic E-state index is 13.2. The van der Waals surface area contributed by atoms with Gasteiger partial charge in [-0.05, 0) is 56.2 Å². The molecule has 2 amide bonds. The topological polar surface area (TPSA) is 62.3 Å². The second-order valence-corrected chi connectivity index (χ2v) is 7.11. The Hall–Kier alpha value is -3.47. The minimum atomic E-state index is -0.339. The predicted molar refractivity (Wildman–Crippen MR) is 110 cm³/mol. The zero-order valence-electron chi connectivity index (χ0n) is 15.8. The maximum absolute atomic E-state index is 13.2. The van der Waals surface area contributed by atoms with Crippen LogP contribution in [0.1, 0.15) is 38.9 Å². The van der Waals surface area contributed by atoms with Gasteiger partial charge in [0.05, 0.1) is 0 Å². The molecule has 0 aliphatic carbocycles. The average molecular weight is 371 g/mol. The van der Waals surface area contributed by atoms with E-state index in [1.807, 2.05) is 62.4 Å². The lowest BCUT2D eigenvalue weighted by Gasteiger charge is -2.23. The van der Waals surface area contributed by atoms with Gasteiger partial charge in [0.15, 0.2) is 0 Å². The largest absolute Gasteiger partial charge is 0.321 e. The van der Waals surface area contributed by atoms with Crippen LogP contribution in [-0.2, 0) is 6.42 Å². The lowest BCUT2D eigenvalue weighted by atomic mass is 10.1. The summed E-state index contributed by atoms with van der Waals surface area (Å²) in [6, 6.07) is 18.7. The number of nitrogens with zero attached hydrogens (tertiary/aromatic N) is 2. The van der Waals surface area contributed by atoms with Gasteiger partial charge < -0.3 is 10.2 Å². The smallest absolute Gasteiger partial charge is 0.274 e. The van der Waals surface area contributed by atoms with Crippen LogP contribution < -0.4 is 10.2 Å². The third-order valence-corrected chi connectivity index (χ3v) is 4.98. The van der Waals surface area contributed by atoms with Crippen molar-refractivity contribution in [1.82, 2.24) is 4.98 Å². The molecule has 140 valence electrons. The highest BCUT2D eigenvalue weighted by Crippen LogP contribution is 2.33. The molecule has 2 aromatic carbocycles. The Morgan fingerprint density at radius 1 is 1.07 bits per heavy atom. The Bertz CT molecular complexity index is 1040. The summed E-state index contributed by atoms with van der Waals surface area (Å²) in [6.45, 7) is 4.02. The molecule has 1 aliphatic rings. The number of amides is 2. The molecule has 5 nitrogen and oxygen atoms in total. The van der Waals surface area contributed by atoms with Gasteiger partial charge in [-0.1, -0.05) is 35.9 Å². The number of pyridine rings is 1. The first kappa shape index (κ1) is 17.9. The number of rotatable bonds is 3. The lowest BCUT2D eigenvalue weighted by Crippen LogP contribution is -2.35. The van der Waals surface area contributed by atoms with E-state index in [9.17, 15) is 9.59 Å². The van der Waals surface area contributed by atoms with Crippen LogP contribution in [0.25, 0.3) is 0 Å². The van der Waals surface area contributed by atoms with E-state index in [0.29, 0.717) is 11.3 Å². The summed E-state index contributed by atoms with van der Waals surface area (Å²) >= 11 is 0. The van der Waals surface area contributed by atoms with Crippen molar-refractivity contribution in [3.63, 3.8) is 0 Å². The van der Waals surface area contributed by atoms with Gasteiger partial charge in [0, 0.05) is 29.2 Å². The van der Waals surface area contributed by atoms with E-state index in [-0.39, 0.29) is 23.6 Å². The summed E-state index contributed by atoms with van der Waals surface area (Å²) in [5, 5.41) is 2.82. The summed E-state index contributed by atoms with van der Waals surface area (Å²) in [5.41, 5.74) is 4.57. The van der Waals surface area contributed by atoms with E-state index in [0.717, 1.165) is 23.2 Å². The number of fused-ring (bicyclic) bond motifs is 1. The Balaban J connectivity index is 1.57. The van der Waals surface area contributed by atoms with Gasteiger partial charge in [0.2, 0.25) is 0 Å². The highest BCUT2D eigenvalue weighted by Gasteiger charge is 2.31. The molecule has 0 radical (unpaired) electrons. The zero-order valence-corrected chi connectivity index (χ0v) is 15.8. The summed E-state index contributed by atoms with van der Waals surface area (Å²) < 4.78 is 0. The van der Waals surface area contributed by atoms with Crippen LogP contribution in [0.15, 0.2) is 66.9 Å². The Kier molecular flexibility index (Phi) is 4.65. The van der Waals surface area contributed by atoms with E-state index < -0.39 is 0 Å². The van der Waals surface area contributed by atoms with Crippen molar-refractivity contribution >= 4 is 23.2 Å². The van der Waals surface area contributed by atoms with E-state index in [2.05, 4.69) is 10.3 Å². The molecular weight excluding hydrogens is 350 g/mol. The molecule has 1 N–H and O–H groups in total. The first-order valence-electron chi connectivity index (χ1n) is 9.28. The molecule has 5 heteroatoms. The number of aryl methyl sites for hydroxylation is 1. The van der Waals surface area contributed by atoms with Crippen molar-refractivity contribution in [3.05, 3.63) is 89.2 Å². The number of benzene rings is 2. The number of carbonyl (C=O) groups excluding carboxylic acids is 2. The van der Waals surface area contributed by atoms with E-state index >= 15 is 0 Å². The van der Waals surface area contributed by atoms with Crippen molar-refractivity contribution in [2.45, 2.75) is 26.3 Å². The van der Waals surface area contributed by atoms with Gasteiger partial charge in [-0.25, -0.2) is 0 Å².